The van der Waals surface area contributed by atoms with E-state index >= 15 is 0 Å². The summed E-state index contributed by atoms with van der Waals surface area (Å²) in [5, 5.41) is 0. The fourth-order valence-electron chi connectivity index (χ4n) is 1.14. The second kappa shape index (κ2) is 3.94. The predicted octanol–water partition coefficient (Wildman–Crippen LogP) is 1.96. The van der Waals surface area contributed by atoms with Crippen LogP contribution in [0.2, 0.25) is 0 Å². The molecule has 15 heavy (non-hydrogen) atoms. The van der Waals surface area contributed by atoms with Crippen LogP contribution in [0.5, 0.6) is 0 Å². The van der Waals surface area contributed by atoms with Crippen molar-refractivity contribution in [1.82, 2.24) is 0 Å². The fourth-order valence-corrected chi connectivity index (χ4v) is 2.24. The number of rotatable bonds is 2. The first-order valence-corrected chi connectivity index (χ1v) is 6.16. The molecule has 1 rings (SSSR count). The molecule has 0 heterocycles. The highest BCUT2D eigenvalue weighted by Gasteiger charge is 2.22. The van der Waals surface area contributed by atoms with Crippen LogP contribution >= 0.6 is 10.7 Å². The van der Waals surface area contributed by atoms with E-state index in [-0.39, 0.29) is 5.69 Å². The van der Waals surface area contributed by atoms with Crippen molar-refractivity contribution < 1.29 is 17.2 Å². The summed E-state index contributed by atoms with van der Waals surface area (Å²) < 4.78 is 48.3. The summed E-state index contributed by atoms with van der Waals surface area (Å²) in [5.74, 6) is -2.36. The van der Waals surface area contributed by atoms with Crippen LogP contribution in [0.1, 0.15) is 0 Å². The highest BCUT2D eigenvalue weighted by molar-refractivity contribution is 8.13. The third-order valence-electron chi connectivity index (χ3n) is 1.74. The van der Waals surface area contributed by atoms with E-state index in [1.165, 1.54) is 14.1 Å². The number of hydrogen-bond acceptors (Lipinski definition) is 3. The van der Waals surface area contributed by atoms with E-state index in [9.17, 15) is 17.2 Å². The molecule has 0 amide bonds. The molecule has 0 aliphatic rings. The van der Waals surface area contributed by atoms with Crippen molar-refractivity contribution in [3.05, 3.63) is 23.8 Å². The van der Waals surface area contributed by atoms with Gasteiger partial charge in [0.05, 0.1) is 5.69 Å². The van der Waals surface area contributed by atoms with Gasteiger partial charge in [0.2, 0.25) is 0 Å². The molecule has 0 aromatic heterocycles. The second-order valence-electron chi connectivity index (χ2n) is 3.04. The lowest BCUT2D eigenvalue weighted by Crippen LogP contribution is -2.15. The molecule has 0 N–H and O–H groups in total. The van der Waals surface area contributed by atoms with Gasteiger partial charge in [-0.1, -0.05) is 0 Å². The fraction of sp³-hybridized carbons (Fsp3) is 0.250. The number of anilines is 1. The molecule has 0 aliphatic carbocycles. The summed E-state index contributed by atoms with van der Waals surface area (Å²) in [7, 11) is 3.78. The van der Waals surface area contributed by atoms with Crippen LogP contribution in [-0.4, -0.2) is 22.5 Å². The van der Waals surface area contributed by atoms with Crippen LogP contribution in [0, 0.1) is 11.6 Å². The number of benzene rings is 1. The van der Waals surface area contributed by atoms with Crippen LogP contribution in [0.25, 0.3) is 0 Å². The van der Waals surface area contributed by atoms with Gasteiger partial charge < -0.3 is 4.90 Å². The Morgan fingerprint density at radius 2 is 1.80 bits per heavy atom. The molecule has 7 heteroatoms. The standard InChI is InChI=1S/C8H8ClF2NO2S/c1-12(2)8-6(15(9,13)14)4-3-5(10)7(8)11/h3-4H,1-2H3. The van der Waals surface area contributed by atoms with Gasteiger partial charge in [-0.2, -0.15) is 0 Å². The van der Waals surface area contributed by atoms with Gasteiger partial charge in [0.25, 0.3) is 9.05 Å². The van der Waals surface area contributed by atoms with E-state index in [4.69, 9.17) is 10.7 Å². The van der Waals surface area contributed by atoms with E-state index in [0.717, 1.165) is 17.0 Å². The van der Waals surface area contributed by atoms with E-state index < -0.39 is 25.6 Å². The summed E-state index contributed by atoms with van der Waals surface area (Å²) in [5.41, 5.74) is -0.384. The molecule has 84 valence electrons. The first-order chi connectivity index (χ1) is 6.75. The van der Waals surface area contributed by atoms with Crippen molar-refractivity contribution in [2.45, 2.75) is 4.90 Å². The minimum absolute atomic E-state index is 0.384. The van der Waals surface area contributed by atoms with Crippen molar-refractivity contribution in [2.24, 2.45) is 0 Å². The minimum atomic E-state index is -4.09. The van der Waals surface area contributed by atoms with Crippen LogP contribution in [-0.2, 0) is 9.05 Å². The number of hydrogen-bond donors (Lipinski definition) is 0. The Kier molecular flexibility index (Phi) is 3.20. The number of nitrogens with zero attached hydrogens (tertiary/aromatic N) is 1. The van der Waals surface area contributed by atoms with Crippen molar-refractivity contribution >= 4 is 25.4 Å². The Bertz CT molecular complexity index is 488. The largest absolute Gasteiger partial charge is 0.374 e. The molecule has 1 aromatic carbocycles. The normalized spacial score (nSPS) is 11.5. The first kappa shape index (κ1) is 12.2. The minimum Gasteiger partial charge on any atom is -0.374 e. The van der Waals surface area contributed by atoms with E-state index in [2.05, 4.69) is 0 Å². The van der Waals surface area contributed by atoms with Gasteiger partial charge in [0.15, 0.2) is 11.6 Å². The molecule has 0 radical (unpaired) electrons. The lowest BCUT2D eigenvalue weighted by Gasteiger charge is -2.16. The summed E-state index contributed by atoms with van der Waals surface area (Å²) in [6, 6.07) is 1.65. The quantitative estimate of drug-likeness (QED) is 0.758. The van der Waals surface area contributed by atoms with Gasteiger partial charge >= 0.3 is 0 Å². The van der Waals surface area contributed by atoms with Gasteiger partial charge in [-0.3, -0.25) is 0 Å². The maximum atomic E-state index is 13.3. The predicted molar refractivity (Wildman–Crippen MR) is 53.7 cm³/mol. The Morgan fingerprint density at radius 3 is 2.20 bits per heavy atom. The van der Waals surface area contributed by atoms with E-state index in [1.807, 2.05) is 0 Å². The molecule has 0 saturated carbocycles. The van der Waals surface area contributed by atoms with Crippen molar-refractivity contribution in [2.75, 3.05) is 19.0 Å². The Morgan fingerprint density at radius 1 is 1.27 bits per heavy atom. The summed E-state index contributed by atoms with van der Waals surface area (Å²) in [6.45, 7) is 0. The Balaban J connectivity index is 3.62. The van der Waals surface area contributed by atoms with Crippen molar-refractivity contribution in [3.63, 3.8) is 0 Å². The monoisotopic (exact) mass is 255 g/mol. The Labute approximate surface area is 90.7 Å². The topological polar surface area (TPSA) is 37.4 Å². The first-order valence-electron chi connectivity index (χ1n) is 3.85. The number of halogens is 3. The van der Waals surface area contributed by atoms with Gasteiger partial charge in [0, 0.05) is 24.8 Å². The zero-order valence-electron chi connectivity index (χ0n) is 7.96. The Hall–Kier alpha value is -0.880. The maximum Gasteiger partial charge on any atom is 0.263 e. The molecular weight excluding hydrogens is 248 g/mol. The smallest absolute Gasteiger partial charge is 0.263 e. The third-order valence-corrected chi connectivity index (χ3v) is 3.10. The molecule has 0 spiro atoms. The average Bonchev–Trinajstić information content (AvgIpc) is 2.06. The summed E-state index contributed by atoms with van der Waals surface area (Å²) in [6.07, 6.45) is 0. The van der Waals surface area contributed by atoms with Crippen molar-refractivity contribution in [3.8, 4) is 0 Å². The van der Waals surface area contributed by atoms with E-state index in [1.54, 1.807) is 0 Å². The zero-order chi connectivity index (χ0) is 11.8. The molecule has 1 aromatic rings. The van der Waals surface area contributed by atoms with Crippen molar-refractivity contribution in [1.29, 1.82) is 0 Å². The molecule has 0 unspecified atom stereocenters. The SMILES string of the molecule is CN(C)c1c(S(=O)(=O)Cl)ccc(F)c1F. The van der Waals surface area contributed by atoms with Crippen LogP contribution in [0.15, 0.2) is 17.0 Å². The van der Waals surface area contributed by atoms with Crippen LogP contribution in [0.4, 0.5) is 14.5 Å². The third kappa shape index (κ3) is 2.38. The van der Waals surface area contributed by atoms with Gasteiger partial charge in [-0.25, -0.2) is 17.2 Å². The molecule has 0 fully saturated rings. The van der Waals surface area contributed by atoms with E-state index in [0.29, 0.717) is 0 Å². The molecule has 0 bridgehead atoms. The summed E-state index contributed by atoms with van der Waals surface area (Å²) in [4.78, 5) is 0.696. The second-order valence-corrected chi connectivity index (χ2v) is 5.57. The van der Waals surface area contributed by atoms with Gasteiger partial charge in [-0.05, 0) is 12.1 Å². The molecule has 3 nitrogen and oxygen atoms in total. The lowest BCUT2D eigenvalue weighted by atomic mass is 10.3. The average molecular weight is 256 g/mol. The highest BCUT2D eigenvalue weighted by atomic mass is 35.7. The maximum absolute atomic E-state index is 13.3. The highest BCUT2D eigenvalue weighted by Crippen LogP contribution is 2.30. The summed E-state index contributed by atoms with van der Waals surface area (Å²) >= 11 is 0. The molecule has 0 aliphatic heterocycles. The molecule has 0 atom stereocenters. The lowest BCUT2D eigenvalue weighted by molar-refractivity contribution is 0.505. The molecular formula is C8H8ClF2NO2S. The van der Waals surface area contributed by atoms with Gasteiger partial charge in [0.1, 0.15) is 4.90 Å². The molecule has 0 saturated heterocycles. The zero-order valence-corrected chi connectivity index (χ0v) is 9.53. The van der Waals surface area contributed by atoms with Crippen LogP contribution < -0.4 is 4.90 Å². The van der Waals surface area contributed by atoms with Crippen LogP contribution in [0.3, 0.4) is 0 Å². The van der Waals surface area contributed by atoms with Gasteiger partial charge in [-0.15, -0.1) is 0 Å².